The monoisotopic (exact) mass is 364 g/mol. The topological polar surface area (TPSA) is 111 Å². The van der Waals surface area contributed by atoms with Gasteiger partial charge in [0.2, 0.25) is 10.0 Å². The van der Waals surface area contributed by atoms with E-state index in [1.54, 1.807) is 11.4 Å². The van der Waals surface area contributed by atoms with E-state index in [0.717, 1.165) is 11.3 Å². The Hall–Kier alpha value is -1.49. The third-order valence-corrected chi connectivity index (χ3v) is 5.52. The van der Waals surface area contributed by atoms with Gasteiger partial charge in [-0.15, -0.1) is 11.3 Å². The minimum absolute atomic E-state index is 0.100. The third-order valence-electron chi connectivity index (χ3n) is 2.66. The van der Waals surface area contributed by atoms with Crippen molar-refractivity contribution in [2.75, 3.05) is 26.8 Å². The van der Waals surface area contributed by atoms with E-state index in [1.165, 1.54) is 20.1 Å². The normalized spacial score (nSPS) is 12.6. The Bertz CT molecular complexity index is 600. The van der Waals surface area contributed by atoms with Crippen molar-refractivity contribution in [2.45, 2.75) is 23.7 Å². The number of nitrogens with one attached hydrogen (secondary N) is 2. The van der Waals surface area contributed by atoms with E-state index in [4.69, 9.17) is 9.47 Å². The Kier molecular flexibility index (Phi) is 8.17. The van der Waals surface area contributed by atoms with Gasteiger partial charge in [0.15, 0.2) is 6.10 Å². The number of carbonyl (C=O) groups is 2. The summed E-state index contributed by atoms with van der Waals surface area (Å²) in [6.07, 6.45) is -1.12. The minimum Gasteiger partial charge on any atom is -0.453 e. The molecule has 0 saturated heterocycles. The standard InChI is InChI=1S/C13H20N2O6S2/c1-10(13(17)14-7-8-20-2)21-11(16)5-6-15-23(18,19)12-4-3-9-22-12/h3-4,9-10,15H,5-8H2,1-2H3,(H,14,17)/t10-/m0/s1. The van der Waals surface area contributed by atoms with Crippen molar-refractivity contribution in [3.8, 4) is 0 Å². The van der Waals surface area contributed by atoms with E-state index in [-0.39, 0.29) is 17.2 Å². The summed E-state index contributed by atoms with van der Waals surface area (Å²) in [5.41, 5.74) is 0. The number of amides is 1. The van der Waals surface area contributed by atoms with Crippen molar-refractivity contribution in [2.24, 2.45) is 0 Å². The van der Waals surface area contributed by atoms with Gasteiger partial charge in [0.05, 0.1) is 13.0 Å². The molecule has 23 heavy (non-hydrogen) atoms. The van der Waals surface area contributed by atoms with Crippen LogP contribution in [0.4, 0.5) is 0 Å². The van der Waals surface area contributed by atoms with E-state index < -0.39 is 28.0 Å². The van der Waals surface area contributed by atoms with Crippen LogP contribution in [0.5, 0.6) is 0 Å². The van der Waals surface area contributed by atoms with Crippen molar-refractivity contribution in [3.05, 3.63) is 17.5 Å². The molecule has 8 nitrogen and oxygen atoms in total. The van der Waals surface area contributed by atoms with Crippen LogP contribution in [0.2, 0.25) is 0 Å². The highest BCUT2D eigenvalue weighted by atomic mass is 32.2. The van der Waals surface area contributed by atoms with E-state index in [2.05, 4.69) is 10.0 Å². The maximum atomic E-state index is 11.8. The summed E-state index contributed by atoms with van der Waals surface area (Å²) in [5.74, 6) is -1.09. The molecule has 0 aliphatic heterocycles. The van der Waals surface area contributed by atoms with Crippen LogP contribution in [-0.4, -0.2) is 53.2 Å². The zero-order valence-corrected chi connectivity index (χ0v) is 14.5. The molecule has 0 aliphatic carbocycles. The Balaban J connectivity index is 2.30. The molecule has 2 N–H and O–H groups in total. The zero-order chi connectivity index (χ0) is 17.3. The molecule has 130 valence electrons. The van der Waals surface area contributed by atoms with E-state index in [0.29, 0.717) is 13.2 Å². The molecule has 0 bridgehead atoms. The number of methoxy groups -OCH3 is 1. The summed E-state index contributed by atoms with van der Waals surface area (Å²) < 4.78 is 35.8. The summed E-state index contributed by atoms with van der Waals surface area (Å²) in [5, 5.41) is 4.18. The number of esters is 1. The molecule has 1 aromatic rings. The molecule has 0 saturated carbocycles. The Morgan fingerprint density at radius 2 is 2.09 bits per heavy atom. The van der Waals surface area contributed by atoms with Gasteiger partial charge in [0.1, 0.15) is 4.21 Å². The third kappa shape index (κ3) is 7.08. The second-order valence-corrected chi connectivity index (χ2v) is 7.44. The number of hydrogen-bond donors (Lipinski definition) is 2. The quantitative estimate of drug-likeness (QED) is 0.450. The predicted molar refractivity (Wildman–Crippen MR) is 84.6 cm³/mol. The average molecular weight is 364 g/mol. The first-order valence-corrected chi connectivity index (χ1v) is 9.22. The number of carbonyl (C=O) groups excluding carboxylic acids is 2. The van der Waals surface area contributed by atoms with E-state index in [9.17, 15) is 18.0 Å². The molecular formula is C13H20N2O6S2. The molecule has 0 unspecified atom stereocenters. The highest BCUT2D eigenvalue weighted by molar-refractivity contribution is 7.91. The van der Waals surface area contributed by atoms with Crippen molar-refractivity contribution in [1.82, 2.24) is 10.0 Å². The smallest absolute Gasteiger partial charge is 0.307 e. The summed E-state index contributed by atoms with van der Waals surface area (Å²) in [4.78, 5) is 23.2. The fraction of sp³-hybridized carbons (Fsp3) is 0.538. The first kappa shape index (κ1) is 19.6. The zero-order valence-electron chi connectivity index (χ0n) is 12.9. The van der Waals surface area contributed by atoms with Crippen LogP contribution in [0.1, 0.15) is 13.3 Å². The Morgan fingerprint density at radius 3 is 2.70 bits per heavy atom. The highest BCUT2D eigenvalue weighted by Crippen LogP contribution is 2.15. The fourth-order valence-electron chi connectivity index (χ4n) is 1.50. The Labute approximate surface area is 139 Å². The van der Waals surface area contributed by atoms with Gasteiger partial charge in [-0.2, -0.15) is 0 Å². The summed E-state index contributed by atoms with van der Waals surface area (Å²) >= 11 is 1.08. The number of ether oxygens (including phenoxy) is 2. The van der Waals surface area contributed by atoms with Gasteiger partial charge in [-0.3, -0.25) is 9.59 Å². The molecule has 10 heteroatoms. The maximum absolute atomic E-state index is 11.8. The average Bonchev–Trinajstić information content (AvgIpc) is 3.02. The molecule has 1 atom stereocenters. The van der Waals surface area contributed by atoms with Crippen molar-refractivity contribution in [3.63, 3.8) is 0 Å². The number of thiophene rings is 1. The lowest BCUT2D eigenvalue weighted by molar-refractivity contribution is -0.154. The van der Waals surface area contributed by atoms with Gasteiger partial charge >= 0.3 is 5.97 Å². The lowest BCUT2D eigenvalue weighted by Gasteiger charge is -2.13. The van der Waals surface area contributed by atoms with Crippen LogP contribution in [-0.2, 0) is 29.1 Å². The van der Waals surface area contributed by atoms with Crippen LogP contribution >= 0.6 is 11.3 Å². The fourth-order valence-corrected chi connectivity index (χ4v) is 3.57. The lowest BCUT2D eigenvalue weighted by Crippen LogP contribution is -2.38. The number of rotatable bonds is 10. The summed E-state index contributed by atoms with van der Waals surface area (Å²) in [6.45, 7) is 2.02. The molecule has 1 rings (SSSR count). The van der Waals surface area contributed by atoms with E-state index >= 15 is 0 Å². The first-order chi connectivity index (χ1) is 10.9. The van der Waals surface area contributed by atoms with Crippen molar-refractivity contribution >= 4 is 33.2 Å². The van der Waals surface area contributed by atoms with Gasteiger partial charge in [0.25, 0.3) is 5.91 Å². The van der Waals surface area contributed by atoms with Crippen molar-refractivity contribution < 1.29 is 27.5 Å². The molecule has 0 aliphatic rings. The molecule has 0 spiro atoms. The van der Waals surface area contributed by atoms with Crippen LogP contribution < -0.4 is 10.0 Å². The summed E-state index contributed by atoms with van der Waals surface area (Å²) in [7, 11) is -2.10. The number of sulfonamides is 1. The van der Waals surface area contributed by atoms with Gasteiger partial charge in [0, 0.05) is 20.2 Å². The predicted octanol–water partition coefficient (Wildman–Crippen LogP) is 0.111. The van der Waals surface area contributed by atoms with Crippen molar-refractivity contribution in [1.29, 1.82) is 0 Å². The SMILES string of the molecule is COCCNC(=O)[C@H](C)OC(=O)CCNS(=O)(=O)c1cccs1. The molecule has 1 aromatic heterocycles. The van der Waals surface area contributed by atoms with Gasteiger partial charge in [-0.1, -0.05) is 6.07 Å². The van der Waals surface area contributed by atoms with Gasteiger partial charge in [-0.05, 0) is 18.4 Å². The van der Waals surface area contributed by atoms with Gasteiger partial charge in [-0.25, -0.2) is 13.1 Å². The molecule has 0 radical (unpaired) electrons. The lowest BCUT2D eigenvalue weighted by atomic mass is 10.3. The molecule has 1 amide bonds. The Morgan fingerprint density at radius 1 is 1.35 bits per heavy atom. The van der Waals surface area contributed by atoms with Crippen LogP contribution in [0.25, 0.3) is 0 Å². The number of hydrogen-bond acceptors (Lipinski definition) is 7. The minimum atomic E-state index is -3.60. The second-order valence-electron chi connectivity index (χ2n) is 4.50. The van der Waals surface area contributed by atoms with Gasteiger partial charge < -0.3 is 14.8 Å². The first-order valence-electron chi connectivity index (χ1n) is 6.86. The van der Waals surface area contributed by atoms with Crippen LogP contribution in [0, 0.1) is 0 Å². The van der Waals surface area contributed by atoms with E-state index in [1.807, 2.05) is 0 Å². The molecule has 0 fully saturated rings. The maximum Gasteiger partial charge on any atom is 0.307 e. The summed E-state index contributed by atoms with van der Waals surface area (Å²) in [6, 6.07) is 3.09. The largest absolute Gasteiger partial charge is 0.453 e. The molecular weight excluding hydrogens is 344 g/mol. The molecule has 0 aromatic carbocycles. The molecule has 1 heterocycles. The van der Waals surface area contributed by atoms with Crippen LogP contribution in [0.15, 0.2) is 21.7 Å². The second kappa shape index (κ2) is 9.60. The highest BCUT2D eigenvalue weighted by Gasteiger charge is 2.19. The van der Waals surface area contributed by atoms with Crippen LogP contribution in [0.3, 0.4) is 0 Å².